The molecular weight excluding hydrogens is 689 g/mol. The number of unbranched alkanes of at least 4 members (excludes halogenated alkanes) is 33. The molecule has 0 atom stereocenters. The zero-order valence-electron chi connectivity index (χ0n) is 37.8. The van der Waals surface area contributed by atoms with Crippen molar-refractivity contribution < 1.29 is 9.59 Å². The van der Waals surface area contributed by atoms with Gasteiger partial charge in [-0.15, -0.1) is 0 Å². The molecule has 56 heavy (non-hydrogen) atoms. The van der Waals surface area contributed by atoms with Crippen molar-refractivity contribution in [1.82, 2.24) is 21.3 Å². The van der Waals surface area contributed by atoms with Gasteiger partial charge in [-0.25, -0.2) is 9.59 Å². The minimum Gasteiger partial charge on any atom is -0.338 e. The van der Waals surface area contributed by atoms with Crippen LogP contribution in [0.1, 0.15) is 258 Å². The van der Waals surface area contributed by atoms with E-state index in [1.54, 1.807) is 0 Å². The summed E-state index contributed by atoms with van der Waals surface area (Å²) in [4.78, 5) is 24.1. The number of allylic oxidation sites excluding steroid dienone is 4. The third-order valence-electron chi connectivity index (χ3n) is 11.1. The number of carbonyl (C=O) groups is 2. The molecule has 4 N–H and O–H groups in total. The second kappa shape index (κ2) is 49.2. The normalized spacial score (nSPS) is 11.5. The molecule has 0 aromatic heterocycles. The van der Waals surface area contributed by atoms with Gasteiger partial charge in [-0.2, -0.15) is 0 Å². The maximum atomic E-state index is 12.0. The monoisotopic (exact) mass is 787 g/mol. The average molecular weight is 787 g/mol. The van der Waals surface area contributed by atoms with Crippen molar-refractivity contribution in [2.24, 2.45) is 0 Å². The fourth-order valence-electron chi connectivity index (χ4n) is 7.34. The summed E-state index contributed by atoms with van der Waals surface area (Å²) in [5.74, 6) is 0. The first-order valence-corrected chi connectivity index (χ1v) is 25.0. The number of amides is 4. The highest BCUT2D eigenvalue weighted by Crippen LogP contribution is 2.13. The molecule has 330 valence electrons. The van der Waals surface area contributed by atoms with E-state index in [9.17, 15) is 9.59 Å². The number of nitrogens with one attached hydrogen (secondary N) is 4. The number of carbonyl (C=O) groups excluding carboxylic acids is 2. The maximum Gasteiger partial charge on any atom is 0.314 e. The van der Waals surface area contributed by atoms with Crippen LogP contribution in [0, 0.1) is 0 Å². The standard InChI is InChI=1S/C50H98N4O2/c1-3-5-7-9-11-13-15-17-19-21-23-25-29-33-37-41-45-51-49(55)53-47-43-39-35-31-27-28-32-36-40-44-48-54-50(56)52-46-42-38-34-30-26-24-22-20-18-16-14-12-10-8-6-4-2/h17-20H,3-16,21-48H2,1-2H3,(H2,51,53,55)(H2,52,54,56)/b19-17-,20-18-. The van der Waals surface area contributed by atoms with Crippen LogP contribution in [-0.2, 0) is 0 Å². The molecule has 0 aromatic carbocycles. The Labute approximate surface area is 350 Å². The van der Waals surface area contributed by atoms with E-state index in [0.29, 0.717) is 0 Å². The first-order chi connectivity index (χ1) is 27.7. The fraction of sp³-hybridized carbons (Fsp3) is 0.880. The van der Waals surface area contributed by atoms with E-state index in [4.69, 9.17) is 0 Å². The lowest BCUT2D eigenvalue weighted by Crippen LogP contribution is -2.36. The molecule has 6 heteroatoms. The van der Waals surface area contributed by atoms with Crippen molar-refractivity contribution in [3.8, 4) is 0 Å². The minimum absolute atomic E-state index is 0.00221. The highest BCUT2D eigenvalue weighted by atomic mass is 16.2. The molecule has 0 spiro atoms. The zero-order chi connectivity index (χ0) is 40.5. The molecule has 0 unspecified atom stereocenters. The Hall–Kier alpha value is -1.98. The topological polar surface area (TPSA) is 82.3 Å². The molecule has 0 rings (SSSR count). The first kappa shape index (κ1) is 54.0. The predicted molar refractivity (Wildman–Crippen MR) is 248 cm³/mol. The molecule has 0 fully saturated rings. The van der Waals surface area contributed by atoms with Crippen molar-refractivity contribution in [3.05, 3.63) is 24.3 Å². The molecule has 0 bridgehead atoms. The van der Waals surface area contributed by atoms with Crippen molar-refractivity contribution in [2.45, 2.75) is 258 Å². The highest BCUT2D eigenvalue weighted by molar-refractivity contribution is 5.74. The Kier molecular flexibility index (Phi) is 47.4. The molecular formula is C50H98N4O2. The van der Waals surface area contributed by atoms with Gasteiger partial charge in [-0.05, 0) is 77.0 Å². The van der Waals surface area contributed by atoms with E-state index in [1.807, 2.05) is 0 Å². The lowest BCUT2D eigenvalue weighted by atomic mass is 10.1. The second-order valence-corrected chi connectivity index (χ2v) is 16.8. The second-order valence-electron chi connectivity index (χ2n) is 16.8. The van der Waals surface area contributed by atoms with Crippen LogP contribution in [-0.4, -0.2) is 38.2 Å². The van der Waals surface area contributed by atoms with Gasteiger partial charge in [0.1, 0.15) is 0 Å². The van der Waals surface area contributed by atoms with Crippen LogP contribution in [0.15, 0.2) is 24.3 Å². The van der Waals surface area contributed by atoms with Crippen LogP contribution in [0.5, 0.6) is 0 Å². The summed E-state index contributed by atoms with van der Waals surface area (Å²) in [6.45, 7) is 7.70. The van der Waals surface area contributed by atoms with Crippen molar-refractivity contribution in [3.63, 3.8) is 0 Å². The summed E-state index contributed by atoms with van der Waals surface area (Å²) in [5.41, 5.74) is 0. The summed E-state index contributed by atoms with van der Waals surface area (Å²) in [6, 6.07) is -0.00442. The lowest BCUT2D eigenvalue weighted by Gasteiger charge is -2.08. The Morgan fingerprint density at radius 3 is 0.661 bits per heavy atom. The Balaban J connectivity index is 3.25. The van der Waals surface area contributed by atoms with Crippen molar-refractivity contribution in [2.75, 3.05) is 26.2 Å². The van der Waals surface area contributed by atoms with Crippen molar-refractivity contribution in [1.29, 1.82) is 0 Å². The van der Waals surface area contributed by atoms with Gasteiger partial charge in [0.15, 0.2) is 0 Å². The van der Waals surface area contributed by atoms with Gasteiger partial charge in [0.2, 0.25) is 0 Å². The molecule has 0 aliphatic rings. The molecule has 0 aliphatic heterocycles. The minimum atomic E-state index is -0.00221. The van der Waals surface area contributed by atoms with Crippen LogP contribution in [0.3, 0.4) is 0 Å². The SMILES string of the molecule is CCCCCCCC/C=C\CCCCCCCCNC(=O)NCCCCCCCCCCCCNC(=O)NCCCCCCCC/C=C\CCCCCCCC. The Morgan fingerprint density at radius 2 is 0.446 bits per heavy atom. The van der Waals surface area contributed by atoms with Gasteiger partial charge in [-0.1, -0.05) is 205 Å². The maximum absolute atomic E-state index is 12.0. The molecule has 0 aliphatic carbocycles. The van der Waals surface area contributed by atoms with Gasteiger partial charge in [0.25, 0.3) is 0 Å². The van der Waals surface area contributed by atoms with E-state index < -0.39 is 0 Å². The van der Waals surface area contributed by atoms with Crippen LogP contribution in [0.25, 0.3) is 0 Å². The van der Waals surface area contributed by atoms with Crippen LogP contribution in [0.4, 0.5) is 9.59 Å². The van der Waals surface area contributed by atoms with E-state index in [0.717, 1.165) is 51.9 Å². The molecule has 4 amide bonds. The molecule has 0 saturated carbocycles. The molecule has 0 saturated heterocycles. The van der Waals surface area contributed by atoms with Crippen LogP contribution in [0.2, 0.25) is 0 Å². The van der Waals surface area contributed by atoms with E-state index in [2.05, 4.69) is 59.4 Å². The summed E-state index contributed by atoms with van der Waals surface area (Å²) in [5, 5.41) is 12.1. The van der Waals surface area contributed by atoms with Crippen LogP contribution < -0.4 is 21.3 Å². The van der Waals surface area contributed by atoms with E-state index in [1.165, 1.54) is 218 Å². The number of rotatable bonds is 45. The van der Waals surface area contributed by atoms with Gasteiger partial charge in [0, 0.05) is 26.2 Å². The number of hydrogen-bond donors (Lipinski definition) is 4. The van der Waals surface area contributed by atoms with Gasteiger partial charge in [-0.3, -0.25) is 0 Å². The predicted octanol–water partition coefficient (Wildman–Crippen LogP) is 15.6. The summed E-state index contributed by atoms with van der Waals surface area (Å²) in [6.07, 6.45) is 58.5. The van der Waals surface area contributed by atoms with Gasteiger partial charge in [0.05, 0.1) is 0 Å². The number of urea groups is 2. The first-order valence-electron chi connectivity index (χ1n) is 25.0. The largest absolute Gasteiger partial charge is 0.338 e. The summed E-state index contributed by atoms with van der Waals surface area (Å²) >= 11 is 0. The quantitative estimate of drug-likeness (QED) is 0.0366. The number of hydrogen-bond acceptors (Lipinski definition) is 2. The third kappa shape index (κ3) is 48.2. The van der Waals surface area contributed by atoms with E-state index in [-0.39, 0.29) is 12.1 Å². The molecule has 6 nitrogen and oxygen atoms in total. The zero-order valence-corrected chi connectivity index (χ0v) is 37.8. The lowest BCUT2D eigenvalue weighted by molar-refractivity contribution is 0.239. The molecule has 0 aromatic rings. The third-order valence-corrected chi connectivity index (χ3v) is 11.1. The Bertz CT molecular complexity index is 777. The van der Waals surface area contributed by atoms with Crippen molar-refractivity contribution >= 4 is 12.1 Å². The van der Waals surface area contributed by atoms with Gasteiger partial charge < -0.3 is 21.3 Å². The van der Waals surface area contributed by atoms with Gasteiger partial charge >= 0.3 is 12.1 Å². The summed E-state index contributed by atoms with van der Waals surface area (Å²) in [7, 11) is 0. The smallest absolute Gasteiger partial charge is 0.314 e. The fourth-order valence-corrected chi connectivity index (χ4v) is 7.34. The van der Waals surface area contributed by atoms with E-state index >= 15 is 0 Å². The molecule has 0 radical (unpaired) electrons. The van der Waals surface area contributed by atoms with Crippen LogP contribution >= 0.6 is 0 Å². The average Bonchev–Trinajstić information content (AvgIpc) is 3.20. The summed E-state index contributed by atoms with van der Waals surface area (Å²) < 4.78 is 0. The Morgan fingerprint density at radius 1 is 0.268 bits per heavy atom. The molecule has 0 heterocycles. The highest BCUT2D eigenvalue weighted by Gasteiger charge is 2.01.